The minimum Gasteiger partial charge on any atom is -0.487 e. The van der Waals surface area contributed by atoms with Gasteiger partial charge < -0.3 is 20.3 Å². The van der Waals surface area contributed by atoms with E-state index in [-0.39, 0.29) is 36.4 Å². The second kappa shape index (κ2) is 15.4. The van der Waals surface area contributed by atoms with Crippen molar-refractivity contribution in [3.8, 4) is 5.75 Å². The molecular weight excluding hydrogens is 637 g/mol. The first-order valence-corrected chi connectivity index (χ1v) is 15.4. The van der Waals surface area contributed by atoms with Crippen molar-refractivity contribution in [3.63, 3.8) is 0 Å². The largest absolute Gasteiger partial charge is 0.487 e. The predicted molar refractivity (Wildman–Crippen MR) is 186 cm³/mol. The van der Waals surface area contributed by atoms with Crippen LogP contribution in [0.15, 0.2) is 97.2 Å². The normalized spacial score (nSPS) is 11.0. The van der Waals surface area contributed by atoms with E-state index in [1.165, 1.54) is 11.0 Å². The summed E-state index contributed by atoms with van der Waals surface area (Å²) in [4.78, 5) is 47.8. The van der Waals surface area contributed by atoms with Gasteiger partial charge in [-0.15, -0.1) is 0 Å². The third-order valence-corrected chi connectivity index (χ3v) is 7.97. The molecule has 0 saturated heterocycles. The Kier molecular flexibility index (Phi) is 10.8. The quantitative estimate of drug-likeness (QED) is 0.150. The van der Waals surface area contributed by atoms with E-state index in [4.69, 9.17) is 27.9 Å². The van der Waals surface area contributed by atoms with Crippen molar-refractivity contribution in [1.82, 2.24) is 15.3 Å². The number of aromatic nitrogens is 2. The summed E-state index contributed by atoms with van der Waals surface area (Å²) in [6.07, 6.45) is 4.75. The van der Waals surface area contributed by atoms with E-state index in [0.717, 1.165) is 22.2 Å². The van der Waals surface area contributed by atoms with Gasteiger partial charge in [-0.25, -0.2) is 4.98 Å². The molecule has 11 heteroatoms. The number of nitrogens with one attached hydrogen (secondary N) is 2. The van der Waals surface area contributed by atoms with Crippen LogP contribution in [-0.4, -0.2) is 41.3 Å². The number of nitrogens with zero attached hydrogens (tertiary/aromatic N) is 3. The highest BCUT2D eigenvalue weighted by molar-refractivity contribution is 6.38. The fourth-order valence-electron chi connectivity index (χ4n) is 4.66. The number of halogens is 2. The predicted octanol–water partition coefficient (Wildman–Crippen LogP) is 6.80. The molecule has 238 valence electrons. The van der Waals surface area contributed by atoms with Crippen LogP contribution in [0.25, 0.3) is 17.0 Å². The SMILES string of the molecule is Cc1ccc2cccc(OCc3c(Cl)ccc(N(C)C(=O)CNC(=O)/C=C/c4ccc(NC(=O)Cc5ccccn5)cc4)c3Cl)c2n1. The van der Waals surface area contributed by atoms with Gasteiger partial charge in [0, 0.05) is 52.4 Å². The van der Waals surface area contributed by atoms with Gasteiger partial charge in [0.15, 0.2) is 0 Å². The van der Waals surface area contributed by atoms with Crippen LogP contribution >= 0.6 is 23.2 Å². The number of rotatable bonds is 11. The van der Waals surface area contributed by atoms with E-state index in [2.05, 4.69) is 20.6 Å². The Morgan fingerprint density at radius 1 is 0.936 bits per heavy atom. The molecule has 0 aliphatic rings. The van der Waals surface area contributed by atoms with Gasteiger partial charge >= 0.3 is 0 Å². The smallest absolute Gasteiger partial charge is 0.246 e. The topological polar surface area (TPSA) is 114 Å². The molecule has 0 aliphatic heterocycles. The molecular formula is C36H31Cl2N5O4. The van der Waals surface area contributed by atoms with Gasteiger partial charge in [-0.1, -0.05) is 59.6 Å². The highest BCUT2D eigenvalue weighted by Crippen LogP contribution is 2.35. The van der Waals surface area contributed by atoms with E-state index < -0.39 is 5.91 Å². The lowest BCUT2D eigenvalue weighted by Gasteiger charge is -2.21. The Bertz CT molecular complexity index is 1950. The molecule has 3 amide bonds. The molecule has 2 heterocycles. The zero-order valence-electron chi connectivity index (χ0n) is 25.7. The second-order valence-corrected chi connectivity index (χ2v) is 11.4. The maximum Gasteiger partial charge on any atom is 0.246 e. The number of fused-ring (bicyclic) bond motifs is 1. The lowest BCUT2D eigenvalue weighted by Crippen LogP contribution is -2.37. The van der Waals surface area contributed by atoms with Crippen molar-refractivity contribution in [3.05, 3.63) is 130 Å². The minimum atomic E-state index is -0.449. The van der Waals surface area contributed by atoms with Crippen LogP contribution < -0.4 is 20.3 Å². The van der Waals surface area contributed by atoms with E-state index >= 15 is 0 Å². The highest BCUT2D eigenvalue weighted by Gasteiger charge is 2.19. The summed E-state index contributed by atoms with van der Waals surface area (Å²) in [5, 5.41) is 7.02. The average Bonchev–Trinajstić information content (AvgIpc) is 3.07. The van der Waals surface area contributed by atoms with Gasteiger partial charge in [-0.05, 0) is 67.1 Å². The Labute approximate surface area is 282 Å². The molecule has 5 rings (SSSR count). The second-order valence-electron chi connectivity index (χ2n) is 10.6. The zero-order chi connectivity index (χ0) is 33.3. The number of pyridine rings is 2. The van der Waals surface area contributed by atoms with Crippen LogP contribution in [0.5, 0.6) is 5.75 Å². The van der Waals surface area contributed by atoms with Crippen LogP contribution in [-0.2, 0) is 27.4 Å². The molecule has 0 saturated carbocycles. The Balaban J connectivity index is 1.14. The maximum atomic E-state index is 13.0. The van der Waals surface area contributed by atoms with Gasteiger partial charge in [-0.3, -0.25) is 19.4 Å². The standard InChI is InChI=1S/C36H31Cl2N5O4/c1-23-9-13-25-6-5-8-31(36(25)41-23)47-22-28-29(37)16-17-30(35(28)38)43(2)34(46)21-40-32(44)18-12-24-10-14-26(15-11-24)42-33(45)20-27-7-3-4-19-39-27/h3-19H,20-22H2,1-2H3,(H,40,44)(H,42,45)/b18-12+. The molecule has 47 heavy (non-hydrogen) atoms. The molecule has 0 unspecified atom stereocenters. The molecule has 9 nitrogen and oxygen atoms in total. The Morgan fingerprint density at radius 3 is 2.51 bits per heavy atom. The van der Waals surface area contributed by atoms with Crippen LogP contribution in [0.1, 0.15) is 22.5 Å². The first-order valence-electron chi connectivity index (χ1n) is 14.7. The summed E-state index contributed by atoms with van der Waals surface area (Å²) in [6.45, 7) is 1.71. The van der Waals surface area contributed by atoms with Gasteiger partial charge in [0.05, 0.1) is 23.7 Å². The van der Waals surface area contributed by atoms with E-state index in [1.54, 1.807) is 67.9 Å². The monoisotopic (exact) mass is 667 g/mol. The van der Waals surface area contributed by atoms with Crippen molar-refractivity contribution in [2.45, 2.75) is 20.0 Å². The third kappa shape index (κ3) is 8.72. The van der Waals surface area contributed by atoms with Crippen molar-refractivity contribution in [1.29, 1.82) is 0 Å². The van der Waals surface area contributed by atoms with Gasteiger partial charge in [-0.2, -0.15) is 0 Å². The third-order valence-electron chi connectivity index (χ3n) is 7.20. The summed E-state index contributed by atoms with van der Waals surface area (Å²) >= 11 is 13.2. The van der Waals surface area contributed by atoms with E-state index in [1.807, 2.05) is 43.3 Å². The van der Waals surface area contributed by atoms with Crippen LogP contribution in [0.2, 0.25) is 10.0 Å². The summed E-state index contributed by atoms with van der Waals surface area (Å²) in [5.41, 5.74) is 4.57. The average molecular weight is 669 g/mol. The van der Waals surface area contributed by atoms with Crippen LogP contribution in [0.4, 0.5) is 11.4 Å². The Hall–Kier alpha value is -5.25. The summed E-state index contributed by atoms with van der Waals surface area (Å²) in [7, 11) is 1.57. The molecule has 0 bridgehead atoms. The number of hydrogen-bond acceptors (Lipinski definition) is 6. The molecule has 5 aromatic rings. The summed E-state index contributed by atoms with van der Waals surface area (Å²) in [6, 6.07) is 25.3. The fourth-order valence-corrected chi connectivity index (χ4v) is 5.26. The van der Waals surface area contributed by atoms with Crippen LogP contribution in [0, 0.1) is 6.92 Å². The number of ether oxygens (including phenoxy) is 1. The molecule has 2 aromatic heterocycles. The number of amides is 3. The lowest BCUT2D eigenvalue weighted by molar-refractivity contribution is -0.122. The molecule has 0 aliphatic carbocycles. The molecule has 0 spiro atoms. The number of aryl methyl sites for hydroxylation is 1. The maximum absolute atomic E-state index is 13.0. The highest BCUT2D eigenvalue weighted by atomic mass is 35.5. The van der Waals surface area contributed by atoms with Crippen molar-refractivity contribution in [2.75, 3.05) is 23.8 Å². The number of anilines is 2. The summed E-state index contributed by atoms with van der Waals surface area (Å²) in [5.74, 6) is -0.431. The van der Waals surface area contributed by atoms with Gasteiger partial charge in [0.2, 0.25) is 17.7 Å². The van der Waals surface area contributed by atoms with Crippen molar-refractivity contribution in [2.24, 2.45) is 0 Å². The summed E-state index contributed by atoms with van der Waals surface area (Å²) < 4.78 is 6.08. The number of benzene rings is 3. The number of carbonyl (C=O) groups excluding carboxylic acids is 3. The number of para-hydroxylation sites is 1. The molecule has 2 N–H and O–H groups in total. The van der Waals surface area contributed by atoms with E-state index in [9.17, 15) is 14.4 Å². The molecule has 0 radical (unpaired) electrons. The van der Waals surface area contributed by atoms with Crippen LogP contribution in [0.3, 0.4) is 0 Å². The number of hydrogen-bond donors (Lipinski definition) is 2. The molecule has 3 aromatic carbocycles. The zero-order valence-corrected chi connectivity index (χ0v) is 27.2. The van der Waals surface area contributed by atoms with Gasteiger partial charge in [0.25, 0.3) is 0 Å². The number of carbonyl (C=O) groups is 3. The minimum absolute atomic E-state index is 0.0579. The lowest BCUT2D eigenvalue weighted by atomic mass is 10.1. The van der Waals surface area contributed by atoms with Crippen molar-refractivity contribution >= 4 is 69.3 Å². The van der Waals surface area contributed by atoms with Gasteiger partial charge in [0.1, 0.15) is 17.9 Å². The van der Waals surface area contributed by atoms with E-state index in [0.29, 0.717) is 33.4 Å². The Morgan fingerprint density at radius 2 is 1.74 bits per heavy atom. The van der Waals surface area contributed by atoms with Crippen molar-refractivity contribution < 1.29 is 19.1 Å². The molecule has 0 atom stereocenters. The fraction of sp³-hybridized carbons (Fsp3) is 0.139. The molecule has 0 fully saturated rings. The number of likely N-dealkylation sites (N-methyl/N-ethyl adjacent to an activating group) is 1. The first kappa shape index (κ1) is 33.1. The first-order chi connectivity index (χ1) is 22.7.